The Morgan fingerprint density at radius 3 is 2.68 bits per heavy atom. The summed E-state index contributed by atoms with van der Waals surface area (Å²) in [5, 5.41) is 25.0. The van der Waals surface area contributed by atoms with Crippen LogP contribution in [0.25, 0.3) is 11.3 Å². The van der Waals surface area contributed by atoms with Gasteiger partial charge in [-0.05, 0) is 16.4 Å². The Morgan fingerprint density at radius 2 is 1.93 bits per heavy atom. The van der Waals surface area contributed by atoms with Crippen molar-refractivity contribution in [2.75, 3.05) is 31.6 Å². The molecule has 28 heavy (non-hydrogen) atoms. The maximum absolute atomic E-state index is 10.7. The van der Waals surface area contributed by atoms with Crippen molar-refractivity contribution in [1.82, 2.24) is 15.6 Å². The Hall–Kier alpha value is -3.17. The molecule has 9 nitrogen and oxygen atoms in total. The molecule has 1 aromatic heterocycles. The van der Waals surface area contributed by atoms with Crippen LogP contribution in [0.15, 0.2) is 53.2 Å². The number of nitro benzene ring substituents is 1. The molecule has 1 heterocycles. The van der Waals surface area contributed by atoms with Crippen LogP contribution >= 0.6 is 11.6 Å². The van der Waals surface area contributed by atoms with Gasteiger partial charge in [-0.3, -0.25) is 10.1 Å². The molecule has 10 heteroatoms. The third kappa shape index (κ3) is 5.18. The summed E-state index contributed by atoms with van der Waals surface area (Å²) < 4.78 is 10.4. The van der Waals surface area contributed by atoms with Crippen molar-refractivity contribution in [1.29, 1.82) is 0 Å². The van der Waals surface area contributed by atoms with Gasteiger partial charge in [0.2, 0.25) is 0 Å². The Balaban J connectivity index is 1.36. The van der Waals surface area contributed by atoms with Crippen LogP contribution < -0.4 is 15.4 Å². The smallest absolute Gasteiger partial charge is 0.283 e. The standard InChI is InChI=1S/C18H18ClN5O4/c19-15-12-14(24(25)26)6-7-16(15)21-9-8-20-10-11-27-18-17(22-28-23-18)13-4-2-1-3-5-13/h1-7,12,20-21H,8-11H2. The van der Waals surface area contributed by atoms with Crippen LogP contribution in [0.4, 0.5) is 11.4 Å². The van der Waals surface area contributed by atoms with E-state index >= 15 is 0 Å². The number of halogens is 1. The van der Waals surface area contributed by atoms with Crippen molar-refractivity contribution >= 4 is 23.0 Å². The van der Waals surface area contributed by atoms with Crippen molar-refractivity contribution in [3.63, 3.8) is 0 Å². The van der Waals surface area contributed by atoms with Crippen LogP contribution in [0.5, 0.6) is 5.88 Å². The van der Waals surface area contributed by atoms with Gasteiger partial charge in [-0.25, -0.2) is 4.63 Å². The number of nitrogens with one attached hydrogen (secondary N) is 2. The molecule has 0 saturated carbocycles. The largest absolute Gasteiger partial charge is 0.473 e. The molecule has 146 valence electrons. The van der Waals surface area contributed by atoms with Crippen LogP contribution in [0.2, 0.25) is 5.02 Å². The lowest BCUT2D eigenvalue weighted by molar-refractivity contribution is -0.384. The number of hydrogen-bond acceptors (Lipinski definition) is 8. The molecule has 0 radical (unpaired) electrons. The van der Waals surface area contributed by atoms with Gasteiger partial charge in [0.15, 0.2) is 5.69 Å². The first kappa shape index (κ1) is 19.6. The first-order valence-electron chi connectivity index (χ1n) is 8.54. The summed E-state index contributed by atoms with van der Waals surface area (Å²) >= 11 is 6.03. The molecular formula is C18H18ClN5O4. The molecule has 0 aliphatic rings. The Morgan fingerprint density at radius 1 is 1.11 bits per heavy atom. The molecular weight excluding hydrogens is 386 g/mol. The maximum atomic E-state index is 10.7. The second kappa shape index (κ2) is 9.67. The van der Waals surface area contributed by atoms with Crippen LogP contribution in [-0.4, -0.2) is 41.5 Å². The van der Waals surface area contributed by atoms with E-state index in [0.717, 1.165) is 5.56 Å². The molecule has 0 fully saturated rings. The van der Waals surface area contributed by atoms with Crippen molar-refractivity contribution < 1.29 is 14.3 Å². The quantitative estimate of drug-likeness (QED) is 0.300. The van der Waals surface area contributed by atoms with Gasteiger partial charge in [0.05, 0.1) is 15.6 Å². The van der Waals surface area contributed by atoms with Crippen molar-refractivity contribution in [3.8, 4) is 17.1 Å². The monoisotopic (exact) mass is 403 g/mol. The number of nitrogens with zero attached hydrogens (tertiary/aromatic N) is 3. The SMILES string of the molecule is O=[N+]([O-])c1ccc(NCCNCCOc2nonc2-c2ccccc2)c(Cl)c1. The van der Waals surface area contributed by atoms with E-state index in [1.807, 2.05) is 30.3 Å². The molecule has 2 aromatic carbocycles. The molecule has 0 amide bonds. The summed E-state index contributed by atoms with van der Waals surface area (Å²) in [5.41, 5.74) is 2.04. The topological polar surface area (TPSA) is 115 Å². The van der Waals surface area contributed by atoms with Gasteiger partial charge >= 0.3 is 0 Å². The van der Waals surface area contributed by atoms with Gasteiger partial charge in [0.1, 0.15) is 6.61 Å². The van der Waals surface area contributed by atoms with Gasteiger partial charge in [-0.1, -0.05) is 41.9 Å². The highest BCUT2D eigenvalue weighted by Crippen LogP contribution is 2.26. The fourth-order valence-corrected chi connectivity index (χ4v) is 2.68. The van der Waals surface area contributed by atoms with Gasteiger partial charge in [0.25, 0.3) is 11.6 Å². The second-order valence-electron chi connectivity index (χ2n) is 5.73. The average Bonchev–Trinajstić information content (AvgIpc) is 3.17. The van der Waals surface area contributed by atoms with Crippen molar-refractivity contribution in [2.45, 2.75) is 0 Å². The maximum Gasteiger partial charge on any atom is 0.283 e. The number of non-ortho nitro benzene ring substituents is 1. The van der Waals surface area contributed by atoms with Crippen LogP contribution in [0.3, 0.4) is 0 Å². The second-order valence-corrected chi connectivity index (χ2v) is 6.14. The van der Waals surface area contributed by atoms with Crippen LogP contribution in [-0.2, 0) is 0 Å². The minimum atomic E-state index is -0.481. The fraction of sp³-hybridized carbons (Fsp3) is 0.222. The molecule has 0 atom stereocenters. The van der Waals surface area contributed by atoms with E-state index in [-0.39, 0.29) is 5.69 Å². The van der Waals surface area contributed by atoms with E-state index in [0.29, 0.717) is 48.5 Å². The fourth-order valence-electron chi connectivity index (χ4n) is 2.44. The lowest BCUT2D eigenvalue weighted by Crippen LogP contribution is -2.26. The highest BCUT2D eigenvalue weighted by molar-refractivity contribution is 6.33. The zero-order valence-corrected chi connectivity index (χ0v) is 15.6. The van der Waals surface area contributed by atoms with Gasteiger partial charge in [0, 0.05) is 37.3 Å². The summed E-state index contributed by atoms with van der Waals surface area (Å²) in [7, 11) is 0. The van der Waals surface area contributed by atoms with Gasteiger partial charge in [-0.2, -0.15) is 0 Å². The first-order chi connectivity index (χ1) is 13.6. The van der Waals surface area contributed by atoms with Gasteiger partial charge < -0.3 is 15.4 Å². The van der Waals surface area contributed by atoms with E-state index < -0.39 is 4.92 Å². The molecule has 0 spiro atoms. The Kier molecular flexibility index (Phi) is 6.77. The van der Waals surface area contributed by atoms with Crippen molar-refractivity contribution in [3.05, 3.63) is 63.7 Å². The number of aromatic nitrogens is 2. The van der Waals surface area contributed by atoms with E-state index in [1.165, 1.54) is 12.1 Å². The zero-order valence-electron chi connectivity index (χ0n) is 14.8. The molecule has 3 rings (SSSR count). The molecule has 0 aliphatic heterocycles. The normalized spacial score (nSPS) is 10.6. The number of hydrogen-bond donors (Lipinski definition) is 2. The zero-order chi connectivity index (χ0) is 19.8. The van der Waals surface area contributed by atoms with E-state index in [2.05, 4.69) is 20.9 Å². The van der Waals surface area contributed by atoms with E-state index in [1.54, 1.807) is 6.07 Å². The third-order valence-corrected chi connectivity index (χ3v) is 4.12. The third-order valence-electron chi connectivity index (χ3n) is 3.80. The van der Waals surface area contributed by atoms with E-state index in [9.17, 15) is 10.1 Å². The summed E-state index contributed by atoms with van der Waals surface area (Å²) in [4.78, 5) is 10.2. The minimum Gasteiger partial charge on any atom is -0.473 e. The molecule has 0 unspecified atom stereocenters. The van der Waals surface area contributed by atoms with Crippen LogP contribution in [0, 0.1) is 10.1 Å². The number of anilines is 1. The highest BCUT2D eigenvalue weighted by Gasteiger charge is 2.13. The average molecular weight is 404 g/mol. The molecule has 2 N–H and O–H groups in total. The molecule has 0 aliphatic carbocycles. The summed E-state index contributed by atoms with van der Waals surface area (Å²) in [6.07, 6.45) is 0. The lowest BCUT2D eigenvalue weighted by Gasteiger charge is -2.09. The summed E-state index contributed by atoms with van der Waals surface area (Å²) in [6.45, 7) is 2.24. The molecule has 0 saturated heterocycles. The Labute approximate surface area is 165 Å². The van der Waals surface area contributed by atoms with Gasteiger partial charge in [-0.15, -0.1) is 0 Å². The number of rotatable bonds is 10. The summed E-state index contributed by atoms with van der Waals surface area (Å²) in [6, 6.07) is 13.8. The molecule has 0 bridgehead atoms. The number of nitro groups is 1. The summed E-state index contributed by atoms with van der Waals surface area (Å²) in [5.74, 6) is 0.351. The van der Waals surface area contributed by atoms with Crippen molar-refractivity contribution in [2.24, 2.45) is 0 Å². The predicted molar refractivity (Wildman–Crippen MR) is 105 cm³/mol. The number of benzene rings is 2. The lowest BCUT2D eigenvalue weighted by atomic mass is 10.2. The first-order valence-corrected chi connectivity index (χ1v) is 8.92. The Bertz CT molecular complexity index is 919. The number of ether oxygens (including phenoxy) is 1. The molecule has 3 aromatic rings. The highest BCUT2D eigenvalue weighted by atomic mass is 35.5. The van der Waals surface area contributed by atoms with E-state index in [4.69, 9.17) is 21.0 Å². The van der Waals surface area contributed by atoms with Crippen LogP contribution in [0.1, 0.15) is 0 Å². The predicted octanol–water partition coefficient (Wildman–Crippen LogP) is 3.38. The minimum absolute atomic E-state index is 0.0389.